The molecule has 1 unspecified atom stereocenters. The lowest BCUT2D eigenvalue weighted by Gasteiger charge is -2.19. The van der Waals surface area contributed by atoms with Gasteiger partial charge in [0, 0.05) is 16.5 Å². The predicted octanol–water partition coefficient (Wildman–Crippen LogP) is 0.983. The largest absolute Gasteiger partial charge is 0.468 e. The number of nitrogens with zero attached hydrogens (tertiary/aromatic N) is 1. The number of rotatable bonds is 3. The number of aromatic nitrogens is 1. The molecule has 15 heavy (non-hydrogen) atoms. The molecule has 1 heterocycles. The minimum Gasteiger partial charge on any atom is -0.468 e. The van der Waals surface area contributed by atoms with Crippen molar-refractivity contribution in [3.05, 3.63) is 16.1 Å². The predicted molar refractivity (Wildman–Crippen MR) is 57.8 cm³/mol. The lowest BCUT2D eigenvalue weighted by atomic mass is 9.96. The third kappa shape index (κ3) is 1.66. The van der Waals surface area contributed by atoms with Crippen LogP contribution in [0.1, 0.15) is 22.7 Å². The van der Waals surface area contributed by atoms with Gasteiger partial charge >= 0.3 is 5.97 Å². The van der Waals surface area contributed by atoms with Crippen molar-refractivity contribution in [3.63, 3.8) is 0 Å². The Morgan fingerprint density at radius 1 is 1.73 bits per heavy atom. The highest BCUT2D eigenvalue weighted by Gasteiger charge is 2.53. The molecule has 1 aromatic rings. The summed E-state index contributed by atoms with van der Waals surface area (Å²) in [7, 11) is 1.37. The molecule has 82 valence electrons. The Bertz CT molecular complexity index is 385. The highest BCUT2D eigenvalue weighted by molar-refractivity contribution is 7.11. The number of carbonyl (C=O) groups is 1. The van der Waals surface area contributed by atoms with E-state index in [4.69, 9.17) is 5.73 Å². The molecule has 4 nitrogen and oxygen atoms in total. The average molecular weight is 226 g/mol. The van der Waals surface area contributed by atoms with Crippen LogP contribution in [-0.4, -0.2) is 24.1 Å². The molecule has 2 rings (SSSR count). The molecule has 0 bridgehead atoms. The Morgan fingerprint density at radius 2 is 2.40 bits per heavy atom. The number of hydrogen-bond acceptors (Lipinski definition) is 5. The maximum Gasteiger partial charge on any atom is 0.323 e. The van der Waals surface area contributed by atoms with Gasteiger partial charge in [0.05, 0.1) is 12.1 Å². The van der Waals surface area contributed by atoms with E-state index in [0.717, 1.165) is 22.7 Å². The number of nitrogens with two attached hydrogens (primary N) is 1. The number of ether oxygens (including phenoxy) is 1. The Kier molecular flexibility index (Phi) is 2.52. The summed E-state index contributed by atoms with van der Waals surface area (Å²) in [6.45, 7) is 1.95. The van der Waals surface area contributed by atoms with E-state index in [-0.39, 0.29) is 11.4 Å². The van der Waals surface area contributed by atoms with Crippen molar-refractivity contribution < 1.29 is 9.53 Å². The molecule has 2 N–H and O–H groups in total. The minimum atomic E-state index is -0.553. The molecule has 0 radical (unpaired) electrons. The normalized spacial score (nSPS) is 19.7. The summed E-state index contributed by atoms with van der Waals surface area (Å²) in [5, 5.41) is 1.01. The molecule has 5 heteroatoms. The summed E-state index contributed by atoms with van der Waals surface area (Å²) in [4.78, 5) is 16.7. The third-order valence-electron chi connectivity index (χ3n) is 2.95. The average Bonchev–Trinajstić information content (AvgIpc) is 2.94. The summed E-state index contributed by atoms with van der Waals surface area (Å²) in [6.07, 6.45) is 3.73. The van der Waals surface area contributed by atoms with Crippen LogP contribution in [0.2, 0.25) is 0 Å². The first-order valence-electron chi connectivity index (χ1n) is 4.86. The monoisotopic (exact) mass is 226 g/mol. The first-order valence-corrected chi connectivity index (χ1v) is 5.68. The Balaban J connectivity index is 2.24. The zero-order valence-electron chi connectivity index (χ0n) is 8.82. The zero-order chi connectivity index (χ0) is 11.1. The lowest BCUT2D eigenvalue weighted by Crippen LogP contribution is -2.42. The van der Waals surface area contributed by atoms with Gasteiger partial charge in [-0.15, -0.1) is 11.3 Å². The Labute approximate surface area is 92.5 Å². The second kappa shape index (κ2) is 3.57. The fraction of sp³-hybridized carbons (Fsp3) is 0.600. The summed E-state index contributed by atoms with van der Waals surface area (Å²) in [6, 6.07) is -0.553. The van der Waals surface area contributed by atoms with E-state index < -0.39 is 6.04 Å². The SMILES string of the molecule is COC(=O)C(N)C1(c2cnc(C)s2)CC1. The molecule has 1 aliphatic rings. The van der Waals surface area contributed by atoms with Gasteiger partial charge in [-0.2, -0.15) is 0 Å². The van der Waals surface area contributed by atoms with Crippen molar-refractivity contribution >= 4 is 17.3 Å². The van der Waals surface area contributed by atoms with E-state index in [9.17, 15) is 4.79 Å². The van der Waals surface area contributed by atoms with E-state index in [1.807, 2.05) is 13.1 Å². The number of esters is 1. The summed E-state index contributed by atoms with van der Waals surface area (Å²) >= 11 is 1.61. The second-order valence-corrected chi connectivity index (χ2v) is 5.14. The van der Waals surface area contributed by atoms with Gasteiger partial charge in [0.15, 0.2) is 0 Å². The fourth-order valence-electron chi connectivity index (χ4n) is 1.79. The maximum absolute atomic E-state index is 11.4. The van der Waals surface area contributed by atoms with Crippen LogP contribution in [0.3, 0.4) is 0 Å². The van der Waals surface area contributed by atoms with Crippen LogP contribution in [0, 0.1) is 6.92 Å². The van der Waals surface area contributed by atoms with Gasteiger partial charge in [-0.3, -0.25) is 4.79 Å². The first kappa shape index (κ1) is 10.6. The van der Waals surface area contributed by atoms with E-state index in [0.29, 0.717) is 0 Å². The molecule has 1 saturated carbocycles. The van der Waals surface area contributed by atoms with Gasteiger partial charge < -0.3 is 10.5 Å². The van der Waals surface area contributed by atoms with Gasteiger partial charge in [0.2, 0.25) is 0 Å². The number of hydrogen-bond donors (Lipinski definition) is 1. The van der Waals surface area contributed by atoms with E-state index in [2.05, 4.69) is 9.72 Å². The van der Waals surface area contributed by atoms with E-state index in [1.165, 1.54) is 7.11 Å². The van der Waals surface area contributed by atoms with Crippen molar-refractivity contribution in [2.75, 3.05) is 7.11 Å². The van der Waals surface area contributed by atoms with Gasteiger partial charge in [-0.05, 0) is 19.8 Å². The van der Waals surface area contributed by atoms with Crippen LogP contribution in [-0.2, 0) is 14.9 Å². The number of aryl methyl sites for hydroxylation is 1. The van der Waals surface area contributed by atoms with Crippen LogP contribution in [0.5, 0.6) is 0 Å². The standard InChI is InChI=1S/C10H14N2O2S/c1-6-12-5-7(15-6)10(3-4-10)8(11)9(13)14-2/h5,8H,3-4,11H2,1-2H3. The van der Waals surface area contributed by atoms with Crippen LogP contribution in [0.4, 0.5) is 0 Å². The van der Waals surface area contributed by atoms with Crippen molar-refractivity contribution in [1.29, 1.82) is 0 Å². The van der Waals surface area contributed by atoms with Crippen molar-refractivity contribution in [3.8, 4) is 0 Å². The molecule has 1 aromatic heterocycles. The smallest absolute Gasteiger partial charge is 0.323 e. The highest BCUT2D eigenvalue weighted by Crippen LogP contribution is 2.52. The van der Waals surface area contributed by atoms with Gasteiger partial charge in [-0.1, -0.05) is 0 Å². The molecule has 0 spiro atoms. The topological polar surface area (TPSA) is 65.2 Å². The summed E-state index contributed by atoms with van der Waals surface area (Å²) < 4.78 is 4.69. The van der Waals surface area contributed by atoms with E-state index in [1.54, 1.807) is 11.3 Å². The van der Waals surface area contributed by atoms with Crippen LogP contribution in [0.25, 0.3) is 0 Å². The van der Waals surface area contributed by atoms with Gasteiger partial charge in [0.1, 0.15) is 6.04 Å². The van der Waals surface area contributed by atoms with Gasteiger partial charge in [-0.25, -0.2) is 4.98 Å². The van der Waals surface area contributed by atoms with Crippen LogP contribution in [0.15, 0.2) is 6.20 Å². The molecule has 0 aliphatic heterocycles. The Morgan fingerprint density at radius 3 is 2.80 bits per heavy atom. The van der Waals surface area contributed by atoms with Crippen LogP contribution >= 0.6 is 11.3 Å². The van der Waals surface area contributed by atoms with E-state index >= 15 is 0 Å². The molecule has 1 aliphatic carbocycles. The second-order valence-electron chi connectivity index (χ2n) is 3.90. The molecular weight excluding hydrogens is 212 g/mol. The zero-order valence-corrected chi connectivity index (χ0v) is 9.63. The highest BCUT2D eigenvalue weighted by atomic mass is 32.1. The quantitative estimate of drug-likeness (QED) is 0.780. The summed E-state index contributed by atoms with van der Waals surface area (Å²) in [5.41, 5.74) is 5.72. The fourth-order valence-corrected chi connectivity index (χ4v) is 2.85. The number of thiazole rings is 1. The van der Waals surface area contributed by atoms with Crippen molar-refractivity contribution in [2.45, 2.75) is 31.2 Å². The molecule has 0 saturated heterocycles. The van der Waals surface area contributed by atoms with Crippen molar-refractivity contribution in [2.24, 2.45) is 5.73 Å². The molecule has 0 aromatic carbocycles. The lowest BCUT2D eigenvalue weighted by molar-refractivity contribution is -0.143. The third-order valence-corrected chi connectivity index (χ3v) is 4.08. The van der Waals surface area contributed by atoms with Crippen molar-refractivity contribution in [1.82, 2.24) is 4.98 Å². The molecule has 1 fully saturated rings. The summed E-state index contributed by atoms with van der Waals surface area (Å²) in [5.74, 6) is -0.335. The molecular formula is C10H14N2O2S. The molecule has 0 amide bonds. The minimum absolute atomic E-state index is 0.195. The van der Waals surface area contributed by atoms with Crippen LogP contribution < -0.4 is 5.73 Å². The molecule has 1 atom stereocenters. The first-order chi connectivity index (χ1) is 7.10. The number of carbonyl (C=O) groups excluding carboxylic acids is 1. The number of methoxy groups -OCH3 is 1. The van der Waals surface area contributed by atoms with Gasteiger partial charge in [0.25, 0.3) is 0 Å². The Hall–Kier alpha value is -0.940. The maximum atomic E-state index is 11.4.